The summed E-state index contributed by atoms with van der Waals surface area (Å²) in [5.41, 5.74) is 3.17. The molecule has 1 aliphatic heterocycles. The molecule has 0 atom stereocenters. The van der Waals surface area contributed by atoms with Crippen molar-refractivity contribution in [1.82, 2.24) is 9.55 Å². The monoisotopic (exact) mass is 410 g/mol. The van der Waals surface area contributed by atoms with E-state index in [0.717, 1.165) is 48.0 Å². The fourth-order valence-corrected chi connectivity index (χ4v) is 4.34. The van der Waals surface area contributed by atoms with Gasteiger partial charge in [-0.15, -0.1) is 0 Å². The van der Waals surface area contributed by atoms with Gasteiger partial charge in [-0.25, -0.2) is 9.37 Å². The molecule has 7 heteroatoms. The minimum Gasteiger partial charge on any atom is -0.370 e. The Hall–Kier alpha value is -2.80. The third-order valence-corrected chi connectivity index (χ3v) is 5.98. The zero-order valence-electron chi connectivity index (χ0n) is 16.3. The van der Waals surface area contributed by atoms with Crippen molar-refractivity contribution in [2.75, 3.05) is 29.1 Å². The standard InChI is InChI=1S/C22H23FN4OS/c1-16-7-2-3-9-18(16)27-14-11-24-22(27)29-15-20(28)25-21-17(23)8-6-10-19(21)26-12-4-5-13-26/h2-3,6-11,14H,4-5,12-13,15H2,1H3,(H,25,28). The Kier molecular flexibility index (Phi) is 5.85. The van der Waals surface area contributed by atoms with E-state index in [-0.39, 0.29) is 17.3 Å². The number of hydrogen-bond acceptors (Lipinski definition) is 4. The van der Waals surface area contributed by atoms with E-state index >= 15 is 0 Å². The molecule has 2 heterocycles. The fraction of sp³-hybridized carbons (Fsp3) is 0.273. The molecule has 3 aromatic rings. The zero-order valence-corrected chi connectivity index (χ0v) is 17.1. The van der Waals surface area contributed by atoms with Crippen LogP contribution in [0.3, 0.4) is 0 Å². The molecule has 2 aromatic carbocycles. The van der Waals surface area contributed by atoms with E-state index < -0.39 is 5.82 Å². The van der Waals surface area contributed by atoms with E-state index in [1.807, 2.05) is 48.0 Å². The minimum atomic E-state index is -0.408. The van der Waals surface area contributed by atoms with Crippen molar-refractivity contribution in [2.24, 2.45) is 0 Å². The summed E-state index contributed by atoms with van der Waals surface area (Å²) < 4.78 is 16.4. The summed E-state index contributed by atoms with van der Waals surface area (Å²) in [5.74, 6) is -0.509. The molecule has 4 rings (SSSR count). The highest BCUT2D eigenvalue weighted by Crippen LogP contribution is 2.31. The van der Waals surface area contributed by atoms with Gasteiger partial charge in [0.2, 0.25) is 5.91 Å². The first-order valence-corrected chi connectivity index (χ1v) is 10.7. The first kappa shape index (κ1) is 19.5. The topological polar surface area (TPSA) is 50.2 Å². The average molecular weight is 411 g/mol. The Bertz CT molecular complexity index is 1010. The summed E-state index contributed by atoms with van der Waals surface area (Å²) in [5, 5.41) is 3.50. The van der Waals surface area contributed by atoms with Crippen molar-refractivity contribution < 1.29 is 9.18 Å². The first-order chi connectivity index (χ1) is 14.1. The maximum atomic E-state index is 14.4. The fourth-order valence-electron chi connectivity index (χ4n) is 3.58. The number of hydrogen-bond donors (Lipinski definition) is 1. The van der Waals surface area contributed by atoms with Gasteiger partial charge in [-0.05, 0) is 43.5 Å². The number of nitrogens with one attached hydrogen (secondary N) is 1. The second kappa shape index (κ2) is 8.69. The van der Waals surface area contributed by atoms with Gasteiger partial charge < -0.3 is 10.2 Å². The van der Waals surface area contributed by atoms with E-state index in [2.05, 4.69) is 15.2 Å². The lowest BCUT2D eigenvalue weighted by atomic mass is 10.2. The molecule has 1 aliphatic rings. The number of imidazole rings is 1. The number of benzene rings is 2. The maximum Gasteiger partial charge on any atom is 0.234 e. The Morgan fingerprint density at radius 1 is 1.14 bits per heavy atom. The second-order valence-corrected chi connectivity index (χ2v) is 7.97. The lowest BCUT2D eigenvalue weighted by Gasteiger charge is -2.22. The number of nitrogens with zero attached hydrogens (tertiary/aromatic N) is 3. The Labute approximate surface area is 173 Å². The molecule has 1 aromatic heterocycles. The predicted molar refractivity (Wildman–Crippen MR) is 116 cm³/mol. The number of anilines is 2. The third-order valence-electron chi connectivity index (χ3n) is 5.02. The molecular weight excluding hydrogens is 387 g/mol. The van der Waals surface area contributed by atoms with Gasteiger partial charge in [-0.1, -0.05) is 36.0 Å². The van der Waals surface area contributed by atoms with Crippen LogP contribution in [-0.4, -0.2) is 34.3 Å². The number of thioether (sulfide) groups is 1. The summed E-state index contributed by atoms with van der Waals surface area (Å²) in [4.78, 5) is 19.1. The van der Waals surface area contributed by atoms with Crippen LogP contribution in [0.1, 0.15) is 18.4 Å². The number of rotatable bonds is 6. The van der Waals surface area contributed by atoms with Gasteiger partial charge in [0.1, 0.15) is 11.5 Å². The van der Waals surface area contributed by atoms with E-state index in [9.17, 15) is 9.18 Å². The van der Waals surface area contributed by atoms with E-state index in [4.69, 9.17) is 0 Å². The van der Waals surface area contributed by atoms with Crippen LogP contribution in [0.5, 0.6) is 0 Å². The van der Waals surface area contributed by atoms with Crippen LogP contribution in [-0.2, 0) is 4.79 Å². The van der Waals surface area contributed by atoms with E-state index in [0.29, 0.717) is 0 Å². The minimum absolute atomic E-state index is 0.149. The quantitative estimate of drug-likeness (QED) is 0.601. The van der Waals surface area contributed by atoms with Crippen LogP contribution in [0.15, 0.2) is 60.0 Å². The molecule has 150 valence electrons. The summed E-state index contributed by atoms with van der Waals surface area (Å²) >= 11 is 1.33. The van der Waals surface area contributed by atoms with Crippen molar-refractivity contribution in [2.45, 2.75) is 24.9 Å². The van der Waals surface area contributed by atoms with Crippen LogP contribution >= 0.6 is 11.8 Å². The summed E-state index contributed by atoms with van der Waals surface area (Å²) in [6.07, 6.45) is 5.77. The molecule has 1 saturated heterocycles. The number of halogens is 1. The van der Waals surface area contributed by atoms with Crippen LogP contribution < -0.4 is 10.2 Å². The Balaban J connectivity index is 1.46. The molecule has 29 heavy (non-hydrogen) atoms. The second-order valence-electron chi connectivity index (χ2n) is 7.03. The van der Waals surface area contributed by atoms with Crippen LogP contribution in [0, 0.1) is 12.7 Å². The molecule has 0 radical (unpaired) electrons. The molecule has 5 nitrogen and oxygen atoms in total. The molecule has 1 N–H and O–H groups in total. The van der Waals surface area contributed by atoms with E-state index in [1.165, 1.54) is 17.8 Å². The smallest absolute Gasteiger partial charge is 0.234 e. The average Bonchev–Trinajstić information content (AvgIpc) is 3.40. The van der Waals surface area contributed by atoms with Crippen LogP contribution in [0.4, 0.5) is 15.8 Å². The van der Waals surface area contributed by atoms with Gasteiger partial charge in [0.05, 0.1) is 17.1 Å². The molecule has 0 saturated carbocycles. The Morgan fingerprint density at radius 3 is 2.69 bits per heavy atom. The SMILES string of the molecule is Cc1ccccc1-n1ccnc1SCC(=O)Nc1c(F)cccc1N1CCCC1. The maximum absolute atomic E-state index is 14.4. The highest BCUT2D eigenvalue weighted by atomic mass is 32.2. The molecule has 0 aliphatic carbocycles. The lowest BCUT2D eigenvalue weighted by Crippen LogP contribution is -2.22. The third kappa shape index (κ3) is 4.29. The van der Waals surface area contributed by atoms with Gasteiger partial charge in [0, 0.05) is 25.5 Å². The van der Waals surface area contributed by atoms with Gasteiger partial charge in [-0.2, -0.15) is 0 Å². The predicted octanol–water partition coefficient (Wildman–Crippen LogP) is 4.65. The van der Waals surface area contributed by atoms with E-state index in [1.54, 1.807) is 12.3 Å². The van der Waals surface area contributed by atoms with Crippen molar-refractivity contribution in [3.63, 3.8) is 0 Å². The zero-order chi connectivity index (χ0) is 20.2. The normalized spacial score (nSPS) is 13.7. The highest BCUT2D eigenvalue weighted by Gasteiger charge is 2.20. The van der Waals surface area contributed by atoms with Gasteiger partial charge >= 0.3 is 0 Å². The molecular formula is C22H23FN4OS. The van der Waals surface area contributed by atoms with Gasteiger partial charge in [0.15, 0.2) is 5.16 Å². The van der Waals surface area contributed by atoms with Crippen LogP contribution in [0.25, 0.3) is 5.69 Å². The van der Waals surface area contributed by atoms with Crippen molar-refractivity contribution in [1.29, 1.82) is 0 Å². The van der Waals surface area contributed by atoms with Gasteiger partial charge in [0.25, 0.3) is 0 Å². The van der Waals surface area contributed by atoms with Crippen molar-refractivity contribution >= 4 is 29.0 Å². The van der Waals surface area contributed by atoms with Crippen LogP contribution in [0.2, 0.25) is 0 Å². The molecule has 0 spiro atoms. The summed E-state index contributed by atoms with van der Waals surface area (Å²) in [6, 6.07) is 12.9. The number of carbonyl (C=O) groups is 1. The lowest BCUT2D eigenvalue weighted by molar-refractivity contribution is -0.113. The first-order valence-electron chi connectivity index (χ1n) is 9.69. The molecule has 0 bridgehead atoms. The number of aryl methyl sites for hydroxylation is 1. The summed E-state index contributed by atoms with van der Waals surface area (Å²) in [6.45, 7) is 3.80. The number of aromatic nitrogens is 2. The number of para-hydroxylation sites is 2. The number of carbonyl (C=O) groups excluding carboxylic acids is 1. The van der Waals surface area contributed by atoms with Crippen molar-refractivity contribution in [3.05, 3.63) is 66.2 Å². The largest absolute Gasteiger partial charge is 0.370 e. The summed E-state index contributed by atoms with van der Waals surface area (Å²) in [7, 11) is 0. The molecule has 1 amide bonds. The highest BCUT2D eigenvalue weighted by molar-refractivity contribution is 7.99. The Morgan fingerprint density at radius 2 is 1.90 bits per heavy atom. The number of amides is 1. The van der Waals surface area contributed by atoms with Crippen molar-refractivity contribution in [3.8, 4) is 5.69 Å². The molecule has 1 fully saturated rings. The molecule has 0 unspecified atom stereocenters. The van der Waals surface area contributed by atoms with Gasteiger partial charge in [-0.3, -0.25) is 9.36 Å².